The lowest BCUT2D eigenvalue weighted by Gasteiger charge is -2.31. The van der Waals surface area contributed by atoms with Crippen LogP contribution in [-0.2, 0) is 14.3 Å². The number of hydrogen-bond acceptors (Lipinski definition) is 4. The third-order valence-corrected chi connectivity index (χ3v) is 4.33. The van der Waals surface area contributed by atoms with Gasteiger partial charge in [0.05, 0.1) is 30.0 Å². The van der Waals surface area contributed by atoms with Crippen molar-refractivity contribution in [2.75, 3.05) is 7.11 Å². The van der Waals surface area contributed by atoms with E-state index in [1.165, 1.54) is 18.2 Å². The Bertz CT molecular complexity index is 986. The van der Waals surface area contributed by atoms with Crippen molar-refractivity contribution in [2.24, 2.45) is 0 Å². The molecule has 2 aromatic carbocycles. The summed E-state index contributed by atoms with van der Waals surface area (Å²) in [6.45, 7) is 0. The van der Waals surface area contributed by atoms with E-state index in [9.17, 15) is 22.8 Å². The summed E-state index contributed by atoms with van der Waals surface area (Å²) < 4.78 is 46.6. The van der Waals surface area contributed by atoms with E-state index in [0.29, 0.717) is 5.56 Å². The van der Waals surface area contributed by atoms with Gasteiger partial charge >= 0.3 is 5.97 Å². The van der Waals surface area contributed by atoms with Crippen LogP contribution in [0.2, 0.25) is 0 Å². The molecule has 1 aliphatic heterocycles. The van der Waals surface area contributed by atoms with Crippen molar-refractivity contribution in [3.05, 3.63) is 76.6 Å². The number of ether oxygens (including phenoxy) is 1. The molecule has 0 saturated heterocycles. The first-order chi connectivity index (χ1) is 13.3. The molecule has 0 bridgehead atoms. The number of halogens is 3. The third kappa shape index (κ3) is 3.61. The van der Waals surface area contributed by atoms with E-state index in [1.54, 1.807) is 0 Å². The normalized spacial score (nSPS) is 16.3. The number of nitrogens with one attached hydrogen (secondary N) is 2. The SMILES string of the molecule is COC(=O)C(=O)C1=C(c2ccc(F)cc2)NC(=S)N[C@@H]1c1c(F)cccc1F. The second-order valence-electron chi connectivity index (χ2n) is 5.78. The monoisotopic (exact) mass is 406 g/mol. The Kier molecular flexibility index (Phi) is 5.46. The summed E-state index contributed by atoms with van der Waals surface area (Å²) in [5.74, 6) is -4.75. The van der Waals surface area contributed by atoms with E-state index in [0.717, 1.165) is 31.4 Å². The second-order valence-corrected chi connectivity index (χ2v) is 6.19. The number of rotatable bonds is 4. The van der Waals surface area contributed by atoms with Crippen LogP contribution >= 0.6 is 12.2 Å². The minimum atomic E-state index is -1.40. The molecule has 0 unspecified atom stereocenters. The molecule has 0 aromatic heterocycles. The van der Waals surface area contributed by atoms with Crippen molar-refractivity contribution in [3.63, 3.8) is 0 Å². The minimum absolute atomic E-state index is 0.0202. The highest BCUT2D eigenvalue weighted by atomic mass is 32.1. The second kappa shape index (κ2) is 7.81. The van der Waals surface area contributed by atoms with Crippen LogP contribution in [0.4, 0.5) is 13.2 Å². The molecule has 1 atom stereocenters. The molecule has 3 rings (SSSR count). The molecule has 0 spiro atoms. The Morgan fingerprint density at radius 3 is 2.21 bits per heavy atom. The van der Waals surface area contributed by atoms with Crippen LogP contribution in [0.1, 0.15) is 17.2 Å². The van der Waals surface area contributed by atoms with E-state index in [-0.39, 0.29) is 16.4 Å². The summed E-state index contributed by atoms with van der Waals surface area (Å²) in [6.07, 6.45) is 0. The van der Waals surface area contributed by atoms with E-state index >= 15 is 0 Å². The average molecular weight is 406 g/mol. The predicted molar refractivity (Wildman–Crippen MR) is 98.3 cm³/mol. The zero-order chi connectivity index (χ0) is 20.4. The highest BCUT2D eigenvalue weighted by molar-refractivity contribution is 7.80. The summed E-state index contributed by atoms with van der Waals surface area (Å²) in [5, 5.41) is 5.29. The molecular formula is C19H13F3N2O3S. The van der Waals surface area contributed by atoms with Gasteiger partial charge in [-0.1, -0.05) is 6.07 Å². The van der Waals surface area contributed by atoms with Gasteiger partial charge in [0.2, 0.25) is 0 Å². The predicted octanol–water partition coefficient (Wildman–Crippen LogP) is 2.78. The lowest BCUT2D eigenvalue weighted by Crippen LogP contribution is -2.46. The van der Waals surface area contributed by atoms with Crippen molar-refractivity contribution >= 4 is 34.8 Å². The fraction of sp³-hybridized carbons (Fsp3) is 0.105. The Balaban J connectivity index is 2.29. The van der Waals surface area contributed by atoms with Crippen molar-refractivity contribution in [3.8, 4) is 0 Å². The number of benzene rings is 2. The maximum atomic E-state index is 14.4. The van der Waals surface area contributed by atoms with Crippen molar-refractivity contribution in [1.29, 1.82) is 0 Å². The highest BCUT2D eigenvalue weighted by Gasteiger charge is 2.38. The van der Waals surface area contributed by atoms with Crippen molar-refractivity contribution in [2.45, 2.75) is 6.04 Å². The van der Waals surface area contributed by atoms with E-state index in [1.807, 2.05) is 0 Å². The maximum absolute atomic E-state index is 14.4. The van der Waals surface area contributed by atoms with Crippen LogP contribution in [0.3, 0.4) is 0 Å². The van der Waals surface area contributed by atoms with Crippen LogP contribution in [0.5, 0.6) is 0 Å². The quantitative estimate of drug-likeness (QED) is 0.463. The molecule has 0 fully saturated rings. The molecular weight excluding hydrogens is 393 g/mol. The summed E-state index contributed by atoms with van der Waals surface area (Å²) in [6, 6.07) is 6.74. The fourth-order valence-corrected chi connectivity index (χ4v) is 3.08. The molecule has 0 amide bonds. The zero-order valence-electron chi connectivity index (χ0n) is 14.4. The molecule has 2 aromatic rings. The number of methoxy groups -OCH3 is 1. The van der Waals surface area contributed by atoms with Gasteiger partial charge in [0.1, 0.15) is 17.5 Å². The number of esters is 1. The smallest absolute Gasteiger partial charge is 0.379 e. The number of carbonyl (C=O) groups is 2. The Morgan fingerprint density at radius 1 is 1.04 bits per heavy atom. The fourth-order valence-electron chi connectivity index (χ4n) is 2.86. The van der Waals surface area contributed by atoms with Crippen molar-refractivity contribution < 1.29 is 27.5 Å². The topological polar surface area (TPSA) is 67.4 Å². The number of carbonyl (C=O) groups excluding carboxylic acids is 2. The van der Waals surface area contributed by atoms with Crippen LogP contribution in [-0.4, -0.2) is 24.0 Å². The first-order valence-corrected chi connectivity index (χ1v) is 8.38. The van der Waals surface area contributed by atoms with E-state index < -0.39 is 40.8 Å². The summed E-state index contributed by atoms with van der Waals surface area (Å²) in [5.41, 5.74) is -0.486. The van der Waals surface area contributed by atoms with E-state index in [4.69, 9.17) is 12.2 Å². The maximum Gasteiger partial charge on any atom is 0.379 e. The van der Waals surface area contributed by atoms with Gasteiger partial charge in [0.15, 0.2) is 5.11 Å². The summed E-state index contributed by atoms with van der Waals surface area (Å²) in [7, 11) is 1.01. The molecule has 1 aliphatic rings. The number of thiocarbonyl (C=S) groups is 1. The highest BCUT2D eigenvalue weighted by Crippen LogP contribution is 2.34. The van der Waals surface area contributed by atoms with Crippen LogP contribution < -0.4 is 10.6 Å². The standard InChI is InChI=1S/C19H13F3N2O3S/c1-27-18(26)17(25)14-15(9-5-7-10(20)8-6-9)23-19(28)24-16(14)13-11(21)3-2-4-12(13)22/h2-8,16H,1H3,(H2,23,24,28)/t16-/m1/s1. The van der Waals surface area contributed by atoms with Gasteiger partial charge in [-0.2, -0.15) is 0 Å². The van der Waals surface area contributed by atoms with Gasteiger partial charge < -0.3 is 15.4 Å². The van der Waals surface area contributed by atoms with Gasteiger partial charge in [-0.15, -0.1) is 0 Å². The molecule has 0 aliphatic carbocycles. The minimum Gasteiger partial charge on any atom is -0.463 e. The third-order valence-electron chi connectivity index (χ3n) is 4.11. The van der Waals surface area contributed by atoms with Gasteiger partial charge in [0.25, 0.3) is 5.78 Å². The molecule has 5 nitrogen and oxygen atoms in total. The zero-order valence-corrected chi connectivity index (χ0v) is 15.2. The first-order valence-electron chi connectivity index (χ1n) is 7.97. The first kappa shape index (κ1) is 19.6. The van der Waals surface area contributed by atoms with Gasteiger partial charge in [-0.3, -0.25) is 4.79 Å². The molecule has 0 radical (unpaired) electrons. The number of hydrogen-bond donors (Lipinski definition) is 2. The average Bonchev–Trinajstić information content (AvgIpc) is 2.67. The molecule has 28 heavy (non-hydrogen) atoms. The summed E-state index contributed by atoms with van der Waals surface area (Å²) >= 11 is 5.10. The van der Waals surface area contributed by atoms with Gasteiger partial charge in [0, 0.05) is 0 Å². The van der Waals surface area contributed by atoms with Crippen LogP contribution in [0.25, 0.3) is 5.70 Å². The molecule has 1 heterocycles. The molecule has 144 valence electrons. The largest absolute Gasteiger partial charge is 0.463 e. The van der Waals surface area contributed by atoms with E-state index in [2.05, 4.69) is 15.4 Å². The van der Waals surface area contributed by atoms with Gasteiger partial charge in [-0.05, 0) is 54.2 Å². The lowest BCUT2D eigenvalue weighted by molar-refractivity contribution is -0.150. The molecule has 0 saturated carbocycles. The van der Waals surface area contributed by atoms with Gasteiger partial charge in [-0.25, -0.2) is 18.0 Å². The number of Topliss-reactive ketones (excluding diaryl/α,β-unsaturated/α-hetero) is 1. The summed E-state index contributed by atoms with van der Waals surface area (Å²) in [4.78, 5) is 24.6. The molecule has 9 heteroatoms. The lowest BCUT2D eigenvalue weighted by atomic mass is 9.89. The Morgan fingerprint density at radius 2 is 1.64 bits per heavy atom. The van der Waals surface area contributed by atoms with Crippen LogP contribution in [0, 0.1) is 17.5 Å². The Labute approximate surface area is 163 Å². The van der Waals surface area contributed by atoms with Crippen molar-refractivity contribution in [1.82, 2.24) is 10.6 Å². The molecule has 2 N–H and O–H groups in total. The Hall–Kier alpha value is -3.20. The number of ketones is 1. The van der Waals surface area contributed by atoms with Crippen LogP contribution in [0.15, 0.2) is 48.0 Å².